The lowest BCUT2D eigenvalue weighted by Crippen LogP contribution is -2.35. The summed E-state index contributed by atoms with van der Waals surface area (Å²) in [7, 11) is 0. The van der Waals surface area contributed by atoms with Gasteiger partial charge in [-0.15, -0.1) is 12.4 Å². The summed E-state index contributed by atoms with van der Waals surface area (Å²) in [5.74, 6) is -0.0458. The first-order valence-corrected chi connectivity index (χ1v) is 9.44. The van der Waals surface area contributed by atoms with Crippen LogP contribution in [0, 0.1) is 11.7 Å². The van der Waals surface area contributed by atoms with Crippen molar-refractivity contribution in [3.05, 3.63) is 83.9 Å². The van der Waals surface area contributed by atoms with Crippen LogP contribution in [-0.2, 0) is 6.54 Å². The number of hydrogen-bond donors (Lipinski definition) is 1. The van der Waals surface area contributed by atoms with Gasteiger partial charge in [-0.05, 0) is 61.7 Å². The molecule has 6 heteroatoms. The molecule has 28 heavy (non-hydrogen) atoms. The van der Waals surface area contributed by atoms with Crippen molar-refractivity contribution in [2.45, 2.75) is 25.5 Å². The summed E-state index contributed by atoms with van der Waals surface area (Å²) < 4.78 is 15.0. The Bertz CT molecular complexity index is 861. The Labute approximate surface area is 171 Å². The Morgan fingerprint density at radius 3 is 2.39 bits per heavy atom. The second-order valence-electron chi connectivity index (χ2n) is 7.24. The number of rotatable bonds is 5. The maximum absolute atomic E-state index is 13.1. The summed E-state index contributed by atoms with van der Waals surface area (Å²) in [5.41, 5.74) is 3.06. The van der Waals surface area contributed by atoms with E-state index in [4.69, 9.17) is 0 Å². The van der Waals surface area contributed by atoms with E-state index in [0.717, 1.165) is 43.7 Å². The molecule has 0 radical (unpaired) electrons. The minimum atomic E-state index is -0.520. The predicted molar refractivity (Wildman–Crippen MR) is 110 cm³/mol. The topological polar surface area (TPSA) is 41.3 Å². The summed E-state index contributed by atoms with van der Waals surface area (Å²) >= 11 is 0. The van der Waals surface area contributed by atoms with Crippen molar-refractivity contribution in [2.24, 2.45) is 5.92 Å². The van der Waals surface area contributed by atoms with Gasteiger partial charge in [0.1, 0.15) is 5.82 Å². The van der Waals surface area contributed by atoms with Crippen molar-refractivity contribution in [1.29, 1.82) is 0 Å². The highest BCUT2D eigenvalue weighted by Gasteiger charge is 2.26. The van der Waals surface area contributed by atoms with E-state index in [2.05, 4.69) is 16.2 Å². The molecule has 1 atom stereocenters. The second-order valence-corrected chi connectivity index (χ2v) is 7.24. The Kier molecular flexibility index (Phi) is 6.83. The maximum atomic E-state index is 13.1. The molecule has 1 saturated heterocycles. The summed E-state index contributed by atoms with van der Waals surface area (Å²) in [5, 5.41) is 15.0. The molecule has 1 aromatic heterocycles. The smallest absolute Gasteiger partial charge is 0.123 e. The Hall–Kier alpha value is -2.21. The molecule has 4 rings (SSSR count). The number of aliphatic hydroxyl groups excluding tert-OH is 1. The molecule has 0 amide bonds. The van der Waals surface area contributed by atoms with E-state index in [0.29, 0.717) is 0 Å². The lowest BCUT2D eigenvalue weighted by Gasteiger charge is -2.34. The van der Waals surface area contributed by atoms with Crippen LogP contribution < -0.4 is 0 Å². The molecule has 1 aliphatic rings. The average Bonchev–Trinajstić information content (AvgIpc) is 3.18. The van der Waals surface area contributed by atoms with Gasteiger partial charge < -0.3 is 5.11 Å². The molecular formula is C22H25ClFN3O. The number of aliphatic hydroxyl groups is 1. The van der Waals surface area contributed by atoms with E-state index in [1.54, 1.807) is 12.1 Å². The standard InChI is InChI=1S/C22H24FN3O.ClH/c23-20-8-6-18(7-9-20)22(27)19-10-12-25(13-11-19)15-17-14-24-26(16-17)21-4-2-1-3-5-21;/h1-9,14,16,19,22,27H,10-13,15H2;1H. The monoisotopic (exact) mass is 401 g/mol. The molecule has 1 unspecified atom stereocenters. The summed E-state index contributed by atoms with van der Waals surface area (Å²) in [6, 6.07) is 16.3. The number of hydrogen-bond acceptors (Lipinski definition) is 3. The lowest BCUT2D eigenvalue weighted by atomic mass is 9.87. The molecular weight excluding hydrogens is 377 g/mol. The van der Waals surface area contributed by atoms with E-state index in [1.807, 2.05) is 41.2 Å². The van der Waals surface area contributed by atoms with Crippen molar-refractivity contribution in [1.82, 2.24) is 14.7 Å². The van der Waals surface area contributed by atoms with Gasteiger partial charge in [0.15, 0.2) is 0 Å². The first kappa shape index (κ1) is 20.5. The molecule has 0 spiro atoms. The van der Waals surface area contributed by atoms with Crippen LogP contribution >= 0.6 is 12.4 Å². The maximum Gasteiger partial charge on any atom is 0.123 e. The Balaban J connectivity index is 0.00000225. The molecule has 0 saturated carbocycles. The van der Waals surface area contributed by atoms with Gasteiger partial charge in [0, 0.05) is 18.3 Å². The number of benzene rings is 2. The number of halogens is 2. The molecule has 1 N–H and O–H groups in total. The van der Waals surface area contributed by atoms with Gasteiger partial charge in [-0.3, -0.25) is 4.90 Å². The van der Waals surface area contributed by atoms with Crippen LogP contribution in [-0.4, -0.2) is 32.9 Å². The summed E-state index contributed by atoms with van der Waals surface area (Å²) in [4.78, 5) is 2.40. The van der Waals surface area contributed by atoms with E-state index in [9.17, 15) is 9.50 Å². The van der Waals surface area contributed by atoms with Crippen molar-refractivity contribution in [3.63, 3.8) is 0 Å². The molecule has 2 aromatic carbocycles. The van der Waals surface area contributed by atoms with Crippen molar-refractivity contribution >= 4 is 12.4 Å². The number of aromatic nitrogens is 2. The summed E-state index contributed by atoms with van der Waals surface area (Å²) in [6.45, 7) is 2.76. The van der Waals surface area contributed by atoms with Crippen molar-refractivity contribution in [3.8, 4) is 5.69 Å². The van der Waals surface area contributed by atoms with Gasteiger partial charge in [-0.25, -0.2) is 9.07 Å². The third-order valence-electron chi connectivity index (χ3n) is 5.35. The van der Waals surface area contributed by atoms with Crippen molar-refractivity contribution in [2.75, 3.05) is 13.1 Å². The van der Waals surface area contributed by atoms with Gasteiger partial charge >= 0.3 is 0 Å². The van der Waals surface area contributed by atoms with E-state index in [1.165, 1.54) is 17.7 Å². The molecule has 0 bridgehead atoms. The van der Waals surface area contributed by atoms with Crippen LogP contribution in [0.4, 0.5) is 4.39 Å². The zero-order chi connectivity index (χ0) is 18.6. The van der Waals surface area contributed by atoms with E-state index >= 15 is 0 Å². The second kappa shape index (κ2) is 9.32. The predicted octanol–water partition coefficient (Wildman–Crippen LogP) is 4.38. The molecule has 1 fully saturated rings. The van der Waals surface area contributed by atoms with Crippen LogP contribution in [0.3, 0.4) is 0 Å². The van der Waals surface area contributed by atoms with Gasteiger partial charge in [0.2, 0.25) is 0 Å². The molecule has 1 aliphatic heterocycles. The fraction of sp³-hybridized carbons (Fsp3) is 0.318. The normalized spacial score (nSPS) is 16.5. The van der Waals surface area contributed by atoms with Gasteiger partial charge in [0.25, 0.3) is 0 Å². The number of nitrogens with zero attached hydrogens (tertiary/aromatic N) is 3. The fourth-order valence-electron chi connectivity index (χ4n) is 3.78. The third-order valence-corrected chi connectivity index (χ3v) is 5.35. The minimum absolute atomic E-state index is 0. The quantitative estimate of drug-likeness (QED) is 0.689. The zero-order valence-electron chi connectivity index (χ0n) is 15.6. The van der Waals surface area contributed by atoms with Gasteiger partial charge in [-0.2, -0.15) is 5.10 Å². The van der Waals surface area contributed by atoms with Crippen LogP contribution in [0.5, 0.6) is 0 Å². The average molecular weight is 402 g/mol. The zero-order valence-corrected chi connectivity index (χ0v) is 16.4. The molecule has 148 valence electrons. The first-order chi connectivity index (χ1) is 13.2. The molecule has 0 aliphatic carbocycles. The molecule has 3 aromatic rings. The first-order valence-electron chi connectivity index (χ1n) is 9.44. The van der Waals surface area contributed by atoms with Crippen molar-refractivity contribution < 1.29 is 9.50 Å². The molecule has 4 nitrogen and oxygen atoms in total. The molecule has 2 heterocycles. The van der Waals surface area contributed by atoms with Crippen LogP contribution in [0.1, 0.15) is 30.1 Å². The largest absolute Gasteiger partial charge is 0.388 e. The van der Waals surface area contributed by atoms with Gasteiger partial charge in [0.05, 0.1) is 18.0 Å². The highest BCUT2D eigenvalue weighted by Crippen LogP contribution is 2.31. The minimum Gasteiger partial charge on any atom is -0.388 e. The number of likely N-dealkylation sites (tertiary alicyclic amines) is 1. The lowest BCUT2D eigenvalue weighted by molar-refractivity contribution is 0.0567. The van der Waals surface area contributed by atoms with Crippen LogP contribution in [0.25, 0.3) is 5.69 Å². The third kappa shape index (κ3) is 4.79. The Morgan fingerprint density at radius 1 is 1.04 bits per heavy atom. The van der Waals surface area contributed by atoms with Crippen LogP contribution in [0.15, 0.2) is 67.0 Å². The van der Waals surface area contributed by atoms with Crippen LogP contribution in [0.2, 0.25) is 0 Å². The summed E-state index contributed by atoms with van der Waals surface area (Å²) in [6.07, 6.45) is 5.35. The number of para-hydroxylation sites is 1. The van der Waals surface area contributed by atoms with Gasteiger partial charge in [-0.1, -0.05) is 30.3 Å². The Morgan fingerprint density at radius 2 is 1.71 bits per heavy atom. The van der Waals surface area contributed by atoms with E-state index in [-0.39, 0.29) is 24.1 Å². The fourth-order valence-corrected chi connectivity index (χ4v) is 3.78. The SMILES string of the molecule is Cl.OC(c1ccc(F)cc1)C1CCN(Cc2cnn(-c3ccccc3)c2)CC1. The van der Waals surface area contributed by atoms with E-state index < -0.39 is 6.10 Å². The number of piperidine rings is 1. The highest BCUT2D eigenvalue weighted by atomic mass is 35.5. The highest BCUT2D eigenvalue weighted by molar-refractivity contribution is 5.85.